The number of piperidine rings is 1. The van der Waals surface area contributed by atoms with E-state index in [0.29, 0.717) is 12.1 Å². The van der Waals surface area contributed by atoms with Crippen molar-refractivity contribution in [3.05, 3.63) is 35.4 Å². The first kappa shape index (κ1) is 12.0. The summed E-state index contributed by atoms with van der Waals surface area (Å²) in [5.41, 5.74) is 1.45. The molecule has 0 spiro atoms. The van der Waals surface area contributed by atoms with Gasteiger partial charge in [0.1, 0.15) is 6.17 Å². The summed E-state index contributed by atoms with van der Waals surface area (Å²) in [4.78, 5) is 11.3. The van der Waals surface area contributed by atoms with Crippen LogP contribution in [0.3, 0.4) is 0 Å². The van der Waals surface area contributed by atoms with E-state index in [1.807, 2.05) is 12.1 Å². The molecular formula is C13H16FNO2. The minimum absolute atomic E-state index is 0.0667. The number of nitrogens with one attached hydrogen (secondary N) is 1. The van der Waals surface area contributed by atoms with Crippen LogP contribution in [0.25, 0.3) is 0 Å². The first-order valence-corrected chi connectivity index (χ1v) is 5.75. The molecule has 2 rings (SSSR count). The lowest BCUT2D eigenvalue weighted by Crippen LogP contribution is -2.36. The molecule has 0 amide bonds. The van der Waals surface area contributed by atoms with E-state index in [-0.39, 0.29) is 11.9 Å². The van der Waals surface area contributed by atoms with Gasteiger partial charge in [-0.2, -0.15) is 0 Å². The van der Waals surface area contributed by atoms with E-state index in [2.05, 4.69) is 10.1 Å². The molecule has 1 N–H and O–H groups in total. The number of carbonyl (C=O) groups excluding carboxylic acids is 1. The molecule has 1 aromatic rings. The number of hydrogen-bond acceptors (Lipinski definition) is 3. The third kappa shape index (κ3) is 2.64. The van der Waals surface area contributed by atoms with Crippen LogP contribution in [-0.4, -0.2) is 32.3 Å². The Morgan fingerprint density at radius 2 is 2.12 bits per heavy atom. The smallest absolute Gasteiger partial charge is 0.337 e. The average Bonchev–Trinajstić information content (AvgIpc) is 2.39. The van der Waals surface area contributed by atoms with Crippen molar-refractivity contribution in [3.63, 3.8) is 0 Å². The average molecular weight is 237 g/mol. The number of rotatable bonds is 2. The fraction of sp³-hybridized carbons (Fsp3) is 0.462. The Morgan fingerprint density at radius 3 is 2.71 bits per heavy atom. The number of carbonyl (C=O) groups is 1. The van der Waals surface area contributed by atoms with E-state index in [4.69, 9.17) is 0 Å². The lowest BCUT2D eigenvalue weighted by atomic mass is 9.88. The predicted octanol–water partition coefficient (Wildman–Crippen LogP) is 1.89. The summed E-state index contributed by atoms with van der Waals surface area (Å²) in [7, 11) is 1.35. The van der Waals surface area contributed by atoms with Crippen LogP contribution in [-0.2, 0) is 4.74 Å². The van der Waals surface area contributed by atoms with Crippen molar-refractivity contribution in [1.29, 1.82) is 0 Å². The summed E-state index contributed by atoms with van der Waals surface area (Å²) in [6.07, 6.45) is -0.0635. The van der Waals surface area contributed by atoms with Crippen LogP contribution in [0, 0.1) is 0 Å². The Hall–Kier alpha value is -1.42. The second-order valence-electron chi connectivity index (χ2n) is 4.23. The standard InChI is InChI=1S/C13H16FNO2/c1-17-13(16)10-4-2-9(3-5-10)11-6-7-15-8-12(11)14/h2-5,11-12,15H,6-8H2,1H3/t11-,12-/m0/s1. The van der Waals surface area contributed by atoms with Crippen LogP contribution < -0.4 is 5.32 Å². The summed E-state index contributed by atoms with van der Waals surface area (Å²) in [6.45, 7) is 1.24. The number of ether oxygens (including phenoxy) is 1. The molecule has 0 aromatic heterocycles. The summed E-state index contributed by atoms with van der Waals surface area (Å²) in [5.74, 6) is -0.429. The minimum atomic E-state index is -0.854. The molecule has 0 unspecified atom stereocenters. The Labute approximate surface area is 100.0 Å². The van der Waals surface area contributed by atoms with E-state index in [1.165, 1.54) is 7.11 Å². The van der Waals surface area contributed by atoms with E-state index in [9.17, 15) is 9.18 Å². The van der Waals surface area contributed by atoms with Gasteiger partial charge in [0.25, 0.3) is 0 Å². The molecule has 92 valence electrons. The van der Waals surface area contributed by atoms with Gasteiger partial charge in [-0.3, -0.25) is 0 Å². The molecule has 0 bridgehead atoms. The Balaban J connectivity index is 2.14. The number of esters is 1. The van der Waals surface area contributed by atoms with Crippen LogP contribution in [0.2, 0.25) is 0 Å². The zero-order valence-corrected chi connectivity index (χ0v) is 9.78. The molecule has 1 heterocycles. The van der Waals surface area contributed by atoms with Gasteiger partial charge in [0, 0.05) is 12.5 Å². The molecule has 0 saturated carbocycles. The van der Waals surface area contributed by atoms with Gasteiger partial charge < -0.3 is 10.1 Å². The maximum atomic E-state index is 13.7. The number of alkyl halides is 1. The maximum Gasteiger partial charge on any atom is 0.337 e. The molecule has 1 fully saturated rings. The molecule has 4 heteroatoms. The van der Waals surface area contributed by atoms with Gasteiger partial charge in [-0.25, -0.2) is 9.18 Å². The summed E-state index contributed by atoms with van der Waals surface area (Å²) < 4.78 is 18.3. The second kappa shape index (κ2) is 5.27. The van der Waals surface area contributed by atoms with Crippen LogP contribution in [0.15, 0.2) is 24.3 Å². The fourth-order valence-corrected chi connectivity index (χ4v) is 2.18. The van der Waals surface area contributed by atoms with Gasteiger partial charge in [0.05, 0.1) is 12.7 Å². The largest absolute Gasteiger partial charge is 0.465 e. The van der Waals surface area contributed by atoms with E-state index in [0.717, 1.165) is 18.5 Å². The molecule has 1 aromatic carbocycles. The highest BCUT2D eigenvalue weighted by Crippen LogP contribution is 2.27. The maximum absolute atomic E-state index is 13.7. The van der Waals surface area contributed by atoms with Gasteiger partial charge in [-0.15, -0.1) is 0 Å². The zero-order valence-electron chi connectivity index (χ0n) is 9.78. The van der Waals surface area contributed by atoms with Crippen LogP contribution in [0.5, 0.6) is 0 Å². The molecule has 0 aliphatic carbocycles. The first-order chi connectivity index (χ1) is 8.22. The molecule has 1 aliphatic rings. The van der Waals surface area contributed by atoms with Crippen LogP contribution in [0.1, 0.15) is 28.3 Å². The third-order valence-corrected chi connectivity index (χ3v) is 3.17. The number of methoxy groups -OCH3 is 1. The van der Waals surface area contributed by atoms with E-state index in [1.54, 1.807) is 12.1 Å². The van der Waals surface area contributed by atoms with Crippen molar-refractivity contribution in [1.82, 2.24) is 5.32 Å². The van der Waals surface area contributed by atoms with Crippen molar-refractivity contribution < 1.29 is 13.9 Å². The zero-order chi connectivity index (χ0) is 12.3. The lowest BCUT2D eigenvalue weighted by Gasteiger charge is -2.27. The highest BCUT2D eigenvalue weighted by molar-refractivity contribution is 5.89. The molecule has 3 nitrogen and oxygen atoms in total. The molecule has 2 atom stereocenters. The monoisotopic (exact) mass is 237 g/mol. The molecule has 17 heavy (non-hydrogen) atoms. The first-order valence-electron chi connectivity index (χ1n) is 5.75. The van der Waals surface area contributed by atoms with Crippen LogP contribution in [0.4, 0.5) is 4.39 Å². The van der Waals surface area contributed by atoms with Gasteiger partial charge in [0.15, 0.2) is 0 Å². The van der Waals surface area contributed by atoms with Crippen molar-refractivity contribution in [2.24, 2.45) is 0 Å². The fourth-order valence-electron chi connectivity index (χ4n) is 2.18. The topological polar surface area (TPSA) is 38.3 Å². The Bertz CT molecular complexity index is 391. The van der Waals surface area contributed by atoms with Gasteiger partial charge in [0.2, 0.25) is 0 Å². The van der Waals surface area contributed by atoms with E-state index >= 15 is 0 Å². The van der Waals surface area contributed by atoms with Crippen molar-refractivity contribution in [2.75, 3.05) is 20.2 Å². The highest BCUT2D eigenvalue weighted by Gasteiger charge is 2.25. The lowest BCUT2D eigenvalue weighted by molar-refractivity contribution is 0.0600. The van der Waals surface area contributed by atoms with Crippen molar-refractivity contribution in [3.8, 4) is 0 Å². The van der Waals surface area contributed by atoms with Crippen molar-refractivity contribution in [2.45, 2.75) is 18.5 Å². The van der Waals surface area contributed by atoms with E-state index < -0.39 is 6.17 Å². The molecular weight excluding hydrogens is 221 g/mol. The van der Waals surface area contributed by atoms with Gasteiger partial charge >= 0.3 is 5.97 Å². The SMILES string of the molecule is COC(=O)c1ccc([C@@H]2CCNC[C@@H]2F)cc1. The third-order valence-electron chi connectivity index (χ3n) is 3.17. The number of benzene rings is 1. The summed E-state index contributed by atoms with van der Waals surface area (Å²) in [6, 6.07) is 7.01. The molecule has 0 radical (unpaired) electrons. The normalized spacial score (nSPS) is 24.4. The minimum Gasteiger partial charge on any atom is -0.465 e. The quantitative estimate of drug-likeness (QED) is 0.798. The second-order valence-corrected chi connectivity index (χ2v) is 4.23. The van der Waals surface area contributed by atoms with Crippen LogP contribution >= 0.6 is 0 Å². The predicted molar refractivity (Wildman–Crippen MR) is 62.9 cm³/mol. The molecule has 1 aliphatic heterocycles. The summed E-state index contributed by atoms with van der Waals surface area (Å²) >= 11 is 0. The number of halogens is 1. The van der Waals surface area contributed by atoms with Crippen molar-refractivity contribution >= 4 is 5.97 Å². The highest BCUT2D eigenvalue weighted by atomic mass is 19.1. The Kier molecular flexibility index (Phi) is 3.74. The number of hydrogen-bond donors (Lipinski definition) is 1. The van der Waals surface area contributed by atoms with Gasteiger partial charge in [-0.1, -0.05) is 12.1 Å². The summed E-state index contributed by atoms with van der Waals surface area (Å²) in [5, 5.41) is 3.02. The Morgan fingerprint density at radius 1 is 1.41 bits per heavy atom. The van der Waals surface area contributed by atoms with Gasteiger partial charge in [-0.05, 0) is 30.7 Å². The molecule has 1 saturated heterocycles.